The summed E-state index contributed by atoms with van der Waals surface area (Å²) in [6.07, 6.45) is 0.431. The summed E-state index contributed by atoms with van der Waals surface area (Å²) in [6, 6.07) is 2.04. The van der Waals surface area contributed by atoms with Crippen molar-refractivity contribution in [1.29, 1.82) is 0 Å². The number of methoxy groups -OCH3 is 1. The van der Waals surface area contributed by atoms with Gasteiger partial charge in [0.05, 0.1) is 12.8 Å². The normalized spacial score (nSPS) is 11.4. The summed E-state index contributed by atoms with van der Waals surface area (Å²) in [5.74, 6) is -1.35. The van der Waals surface area contributed by atoms with Crippen LogP contribution in [0.3, 0.4) is 0 Å². The van der Waals surface area contributed by atoms with Crippen LogP contribution < -0.4 is 10.1 Å². The Bertz CT molecular complexity index is 394. The van der Waals surface area contributed by atoms with E-state index >= 15 is 0 Å². The second kappa shape index (κ2) is 5.31. The van der Waals surface area contributed by atoms with Gasteiger partial charge in [0, 0.05) is 24.3 Å². The SMILES string of the molecule is COc1cc(F)c(NC(C)(C)CCO)cc1F. The lowest BCUT2D eigenvalue weighted by atomic mass is 10.0. The van der Waals surface area contributed by atoms with E-state index < -0.39 is 17.2 Å². The number of aliphatic hydroxyl groups excluding tert-OH is 1. The number of halogens is 2. The molecule has 96 valence electrons. The Morgan fingerprint density at radius 3 is 2.47 bits per heavy atom. The summed E-state index contributed by atoms with van der Waals surface area (Å²) in [5, 5.41) is 11.7. The number of anilines is 1. The maximum absolute atomic E-state index is 13.6. The number of benzene rings is 1. The van der Waals surface area contributed by atoms with E-state index in [1.54, 1.807) is 13.8 Å². The van der Waals surface area contributed by atoms with E-state index in [4.69, 9.17) is 5.11 Å². The van der Waals surface area contributed by atoms with E-state index in [2.05, 4.69) is 10.1 Å². The van der Waals surface area contributed by atoms with Crippen molar-refractivity contribution in [3.05, 3.63) is 23.8 Å². The van der Waals surface area contributed by atoms with Crippen molar-refractivity contribution in [3.8, 4) is 5.75 Å². The maximum Gasteiger partial charge on any atom is 0.167 e. The molecule has 1 aromatic carbocycles. The largest absolute Gasteiger partial charge is 0.494 e. The summed E-state index contributed by atoms with van der Waals surface area (Å²) in [7, 11) is 1.28. The van der Waals surface area contributed by atoms with Crippen LogP contribution in [0.4, 0.5) is 14.5 Å². The fourth-order valence-corrected chi connectivity index (χ4v) is 1.49. The van der Waals surface area contributed by atoms with Gasteiger partial charge in [-0.15, -0.1) is 0 Å². The van der Waals surface area contributed by atoms with Gasteiger partial charge >= 0.3 is 0 Å². The van der Waals surface area contributed by atoms with Crippen molar-refractivity contribution in [3.63, 3.8) is 0 Å². The third-order valence-corrected chi connectivity index (χ3v) is 2.45. The molecule has 2 N–H and O–H groups in total. The topological polar surface area (TPSA) is 41.5 Å². The van der Waals surface area contributed by atoms with Gasteiger partial charge in [-0.05, 0) is 20.3 Å². The smallest absolute Gasteiger partial charge is 0.167 e. The van der Waals surface area contributed by atoms with Gasteiger partial charge in [-0.1, -0.05) is 0 Å². The summed E-state index contributed by atoms with van der Waals surface area (Å²) >= 11 is 0. The van der Waals surface area contributed by atoms with Crippen LogP contribution in [0.25, 0.3) is 0 Å². The predicted molar refractivity (Wildman–Crippen MR) is 62.3 cm³/mol. The minimum Gasteiger partial charge on any atom is -0.494 e. The molecule has 17 heavy (non-hydrogen) atoms. The summed E-state index contributed by atoms with van der Waals surface area (Å²) in [6.45, 7) is 3.57. The molecule has 0 aliphatic carbocycles. The molecule has 0 unspecified atom stereocenters. The zero-order valence-corrected chi connectivity index (χ0v) is 10.2. The number of hydrogen-bond acceptors (Lipinski definition) is 3. The number of nitrogens with one attached hydrogen (secondary N) is 1. The lowest BCUT2D eigenvalue weighted by Crippen LogP contribution is -2.32. The highest BCUT2D eigenvalue weighted by Gasteiger charge is 2.20. The lowest BCUT2D eigenvalue weighted by molar-refractivity contribution is 0.260. The molecule has 0 aliphatic heterocycles. The quantitative estimate of drug-likeness (QED) is 0.837. The second-order valence-corrected chi connectivity index (χ2v) is 4.45. The Hall–Kier alpha value is -1.36. The fourth-order valence-electron chi connectivity index (χ4n) is 1.49. The van der Waals surface area contributed by atoms with Crippen LogP contribution in [-0.4, -0.2) is 24.4 Å². The fraction of sp³-hybridized carbons (Fsp3) is 0.500. The number of ether oxygens (including phenoxy) is 1. The van der Waals surface area contributed by atoms with Gasteiger partial charge in [-0.2, -0.15) is 0 Å². The highest BCUT2D eigenvalue weighted by Crippen LogP contribution is 2.27. The highest BCUT2D eigenvalue weighted by molar-refractivity contribution is 5.50. The standard InChI is InChI=1S/C12H17F2NO2/c1-12(2,4-5-16)15-10-6-9(14)11(17-3)7-8(10)13/h6-7,15-16H,4-5H2,1-3H3. The van der Waals surface area contributed by atoms with Crippen molar-refractivity contribution >= 4 is 5.69 Å². The van der Waals surface area contributed by atoms with Gasteiger partial charge in [0.1, 0.15) is 5.82 Å². The Morgan fingerprint density at radius 1 is 1.29 bits per heavy atom. The van der Waals surface area contributed by atoms with Gasteiger partial charge in [0.2, 0.25) is 0 Å². The van der Waals surface area contributed by atoms with Crippen LogP contribution in [0.2, 0.25) is 0 Å². The van der Waals surface area contributed by atoms with Gasteiger partial charge in [-0.3, -0.25) is 0 Å². The molecule has 0 aliphatic rings. The summed E-state index contributed by atoms with van der Waals surface area (Å²) in [5.41, 5.74) is -0.460. The number of rotatable bonds is 5. The maximum atomic E-state index is 13.6. The van der Waals surface area contributed by atoms with Crippen molar-refractivity contribution in [1.82, 2.24) is 0 Å². The molecule has 0 heterocycles. The van der Waals surface area contributed by atoms with Crippen LogP contribution in [0.5, 0.6) is 5.75 Å². The van der Waals surface area contributed by atoms with E-state index in [0.29, 0.717) is 6.42 Å². The minimum absolute atomic E-state index is 0.0275. The molecule has 0 radical (unpaired) electrons. The number of hydrogen-bond donors (Lipinski definition) is 2. The average molecular weight is 245 g/mol. The molecule has 1 rings (SSSR count). The Kier molecular flexibility index (Phi) is 4.28. The molecule has 0 atom stereocenters. The molecular formula is C12H17F2NO2. The third kappa shape index (κ3) is 3.56. The molecule has 0 aromatic heterocycles. The predicted octanol–water partition coefficient (Wildman–Crippen LogP) is 2.55. The van der Waals surface area contributed by atoms with E-state index in [0.717, 1.165) is 12.1 Å². The monoisotopic (exact) mass is 245 g/mol. The molecule has 0 amide bonds. The first-order valence-corrected chi connectivity index (χ1v) is 5.31. The molecule has 0 spiro atoms. The minimum atomic E-state index is -0.629. The number of aliphatic hydroxyl groups is 1. The van der Waals surface area contributed by atoms with Crippen LogP contribution in [0, 0.1) is 11.6 Å². The van der Waals surface area contributed by atoms with E-state index in [9.17, 15) is 8.78 Å². The van der Waals surface area contributed by atoms with Gasteiger partial charge < -0.3 is 15.2 Å². The van der Waals surface area contributed by atoms with Gasteiger partial charge in [-0.25, -0.2) is 8.78 Å². The molecule has 1 aromatic rings. The Balaban J connectivity index is 2.96. The molecule has 3 nitrogen and oxygen atoms in total. The second-order valence-electron chi connectivity index (χ2n) is 4.45. The average Bonchev–Trinajstić information content (AvgIpc) is 2.22. The third-order valence-electron chi connectivity index (χ3n) is 2.45. The van der Waals surface area contributed by atoms with Gasteiger partial charge in [0.25, 0.3) is 0 Å². The van der Waals surface area contributed by atoms with Crippen molar-refractivity contribution < 1.29 is 18.6 Å². The van der Waals surface area contributed by atoms with Crippen LogP contribution >= 0.6 is 0 Å². The first-order valence-electron chi connectivity index (χ1n) is 5.31. The Morgan fingerprint density at radius 2 is 1.94 bits per heavy atom. The van der Waals surface area contributed by atoms with E-state index in [-0.39, 0.29) is 18.0 Å². The molecule has 0 fully saturated rings. The summed E-state index contributed by atoms with van der Waals surface area (Å²) < 4.78 is 31.7. The summed E-state index contributed by atoms with van der Waals surface area (Å²) in [4.78, 5) is 0. The zero-order valence-electron chi connectivity index (χ0n) is 10.2. The van der Waals surface area contributed by atoms with E-state index in [1.165, 1.54) is 7.11 Å². The van der Waals surface area contributed by atoms with Crippen molar-refractivity contribution in [2.24, 2.45) is 0 Å². The zero-order chi connectivity index (χ0) is 13.1. The van der Waals surface area contributed by atoms with Crippen LogP contribution in [-0.2, 0) is 0 Å². The van der Waals surface area contributed by atoms with Crippen molar-refractivity contribution in [2.45, 2.75) is 25.8 Å². The van der Waals surface area contributed by atoms with E-state index in [1.807, 2.05) is 0 Å². The van der Waals surface area contributed by atoms with Crippen LogP contribution in [0.1, 0.15) is 20.3 Å². The molecule has 0 saturated heterocycles. The lowest BCUT2D eigenvalue weighted by Gasteiger charge is -2.27. The van der Waals surface area contributed by atoms with Crippen molar-refractivity contribution in [2.75, 3.05) is 19.0 Å². The molecule has 0 saturated carbocycles. The highest BCUT2D eigenvalue weighted by atomic mass is 19.1. The first-order chi connectivity index (χ1) is 7.89. The molecular weight excluding hydrogens is 228 g/mol. The van der Waals surface area contributed by atoms with Gasteiger partial charge in [0.15, 0.2) is 11.6 Å². The molecule has 5 heteroatoms. The Labute approximate surface area is 99.4 Å². The molecule has 0 bridgehead atoms. The first kappa shape index (κ1) is 13.7. The van der Waals surface area contributed by atoms with Crippen LogP contribution in [0.15, 0.2) is 12.1 Å².